The summed E-state index contributed by atoms with van der Waals surface area (Å²) in [6.07, 6.45) is 4.18. The first-order valence-electron chi connectivity index (χ1n) is 9.77. The molecule has 0 saturated carbocycles. The number of thiophene rings is 1. The third-order valence-corrected chi connectivity index (χ3v) is 6.41. The van der Waals surface area contributed by atoms with E-state index in [9.17, 15) is 10.1 Å². The first-order chi connectivity index (χ1) is 13.9. The summed E-state index contributed by atoms with van der Waals surface area (Å²) in [5, 5.41) is 16.0. The summed E-state index contributed by atoms with van der Waals surface area (Å²) in [5.74, 6) is 0.753. The molecule has 0 saturated heterocycles. The Bertz CT molecular complexity index is 973. The fraction of sp³-hybridized carbons (Fsp3) is 0.409. The highest BCUT2D eigenvalue weighted by atomic mass is 32.1. The highest BCUT2D eigenvalue weighted by molar-refractivity contribution is 7.80. The number of rotatable bonds is 5. The van der Waals surface area contributed by atoms with Crippen LogP contribution in [0.1, 0.15) is 59.7 Å². The number of carbonyl (C=O) groups excluding carboxylic acids is 1. The van der Waals surface area contributed by atoms with Crippen LogP contribution >= 0.6 is 23.6 Å². The number of amides is 1. The lowest BCUT2D eigenvalue weighted by Gasteiger charge is -2.13. The molecule has 1 amide bonds. The molecule has 0 unspecified atom stereocenters. The Morgan fingerprint density at radius 2 is 2.10 bits per heavy atom. The monoisotopic (exact) mass is 427 g/mol. The van der Waals surface area contributed by atoms with Gasteiger partial charge in [0.1, 0.15) is 16.8 Å². The topological polar surface area (TPSA) is 74.2 Å². The molecule has 0 bridgehead atoms. The Balaban J connectivity index is 1.55. The van der Waals surface area contributed by atoms with E-state index in [0.29, 0.717) is 22.2 Å². The number of nitrogens with zero attached hydrogens (tertiary/aromatic N) is 1. The number of nitrogens with one attached hydrogen (secondary N) is 2. The van der Waals surface area contributed by atoms with Crippen LogP contribution in [0.3, 0.4) is 0 Å². The van der Waals surface area contributed by atoms with E-state index in [4.69, 9.17) is 17.0 Å². The maximum absolute atomic E-state index is 12.2. The average Bonchev–Trinajstić information content (AvgIpc) is 3.02. The Morgan fingerprint density at radius 1 is 1.34 bits per heavy atom. The quantitative estimate of drug-likeness (QED) is 0.669. The Morgan fingerprint density at radius 3 is 2.79 bits per heavy atom. The summed E-state index contributed by atoms with van der Waals surface area (Å²) < 4.78 is 5.60. The summed E-state index contributed by atoms with van der Waals surface area (Å²) in [7, 11) is 0. The fourth-order valence-corrected chi connectivity index (χ4v) is 5.13. The van der Waals surface area contributed by atoms with E-state index >= 15 is 0 Å². The van der Waals surface area contributed by atoms with Gasteiger partial charge in [-0.25, -0.2) is 0 Å². The Labute approximate surface area is 181 Å². The highest BCUT2D eigenvalue weighted by Crippen LogP contribution is 2.37. The molecular formula is C22H25N3O2S2. The number of benzene rings is 1. The van der Waals surface area contributed by atoms with Crippen molar-refractivity contribution in [2.24, 2.45) is 0 Å². The first-order valence-corrected chi connectivity index (χ1v) is 11.0. The number of aryl methyl sites for hydroxylation is 2. The van der Waals surface area contributed by atoms with Gasteiger partial charge < -0.3 is 10.1 Å². The summed E-state index contributed by atoms with van der Waals surface area (Å²) in [6, 6.07) is 8.12. The minimum Gasteiger partial charge on any atom is -0.484 e. The minimum absolute atomic E-state index is 0.131. The van der Waals surface area contributed by atoms with E-state index in [2.05, 4.69) is 30.6 Å². The molecular weight excluding hydrogens is 402 g/mol. The molecule has 29 heavy (non-hydrogen) atoms. The summed E-state index contributed by atoms with van der Waals surface area (Å²) in [6.45, 7) is 6.20. The fourth-order valence-electron chi connectivity index (χ4n) is 3.60. The van der Waals surface area contributed by atoms with Crippen LogP contribution in [0.15, 0.2) is 18.2 Å². The molecule has 1 aromatic heterocycles. The van der Waals surface area contributed by atoms with Crippen molar-refractivity contribution in [1.82, 2.24) is 5.32 Å². The van der Waals surface area contributed by atoms with Crippen molar-refractivity contribution in [2.75, 3.05) is 11.9 Å². The molecule has 1 heterocycles. The van der Waals surface area contributed by atoms with E-state index in [1.54, 1.807) is 11.3 Å². The van der Waals surface area contributed by atoms with E-state index in [0.717, 1.165) is 36.8 Å². The van der Waals surface area contributed by atoms with Crippen LogP contribution in [0.4, 0.5) is 5.00 Å². The predicted molar refractivity (Wildman–Crippen MR) is 121 cm³/mol. The van der Waals surface area contributed by atoms with Crippen LogP contribution in [0.25, 0.3) is 0 Å². The smallest absolute Gasteiger partial charge is 0.264 e. The van der Waals surface area contributed by atoms with Crippen molar-refractivity contribution in [3.63, 3.8) is 0 Å². The third-order valence-electron chi connectivity index (χ3n) is 5.00. The van der Waals surface area contributed by atoms with Gasteiger partial charge in [-0.3, -0.25) is 10.1 Å². The predicted octanol–water partition coefficient (Wildman–Crippen LogP) is 4.82. The number of thiocarbonyl (C=S) groups is 1. The molecule has 0 atom stereocenters. The molecule has 5 nitrogen and oxygen atoms in total. The molecule has 2 aromatic rings. The van der Waals surface area contributed by atoms with Crippen LogP contribution in [-0.4, -0.2) is 17.6 Å². The molecule has 0 radical (unpaired) electrons. The van der Waals surface area contributed by atoms with Gasteiger partial charge in [0, 0.05) is 4.88 Å². The van der Waals surface area contributed by atoms with E-state index in [-0.39, 0.29) is 17.6 Å². The number of nitriles is 1. The molecule has 1 aromatic carbocycles. The SMILES string of the molecule is Cc1cc(OCC(=O)NC(=S)Nc2sc3c(c2C#N)CCCC3)ccc1C(C)C. The summed E-state index contributed by atoms with van der Waals surface area (Å²) in [5.41, 5.74) is 4.18. The second kappa shape index (κ2) is 9.38. The lowest BCUT2D eigenvalue weighted by Crippen LogP contribution is -2.37. The first kappa shape index (κ1) is 21.3. The molecule has 3 rings (SSSR count). The Kier molecular flexibility index (Phi) is 6.88. The van der Waals surface area contributed by atoms with Crippen molar-refractivity contribution in [3.05, 3.63) is 45.3 Å². The van der Waals surface area contributed by atoms with Gasteiger partial charge in [0.2, 0.25) is 0 Å². The molecule has 0 spiro atoms. The third kappa shape index (κ3) is 5.14. The number of hydrogen-bond acceptors (Lipinski definition) is 5. The van der Waals surface area contributed by atoms with E-state index < -0.39 is 0 Å². The van der Waals surface area contributed by atoms with Crippen molar-refractivity contribution < 1.29 is 9.53 Å². The zero-order valence-corrected chi connectivity index (χ0v) is 18.6. The van der Waals surface area contributed by atoms with Crippen molar-refractivity contribution in [1.29, 1.82) is 5.26 Å². The Hall–Kier alpha value is -2.43. The van der Waals surface area contributed by atoms with E-state index in [1.807, 2.05) is 25.1 Å². The molecule has 152 valence electrons. The van der Waals surface area contributed by atoms with Crippen LogP contribution in [-0.2, 0) is 17.6 Å². The number of ether oxygens (including phenoxy) is 1. The number of fused-ring (bicyclic) bond motifs is 1. The van der Waals surface area contributed by atoms with Gasteiger partial charge in [0.15, 0.2) is 11.7 Å². The summed E-state index contributed by atoms with van der Waals surface area (Å²) >= 11 is 6.81. The normalized spacial score (nSPS) is 12.8. The minimum atomic E-state index is -0.340. The largest absolute Gasteiger partial charge is 0.484 e. The standard InChI is InChI=1S/C22H25N3O2S2/c1-13(2)16-9-8-15(10-14(16)3)27-12-20(26)24-22(28)25-21-18(11-23)17-6-4-5-7-19(17)29-21/h8-10,13H,4-7,12H2,1-3H3,(H2,24,25,26,28). The van der Waals surface area contributed by atoms with E-state index in [1.165, 1.54) is 10.4 Å². The second-order valence-electron chi connectivity index (χ2n) is 7.49. The van der Waals surface area contributed by atoms with Gasteiger partial charge in [-0.2, -0.15) is 5.26 Å². The second-order valence-corrected chi connectivity index (χ2v) is 9.00. The number of anilines is 1. The molecule has 0 fully saturated rings. The van der Waals surface area contributed by atoms with Gasteiger partial charge in [0.05, 0.1) is 5.56 Å². The molecule has 1 aliphatic rings. The molecule has 0 aliphatic heterocycles. The number of carbonyl (C=O) groups is 1. The van der Waals surface area contributed by atoms with Crippen molar-refractivity contribution >= 4 is 39.6 Å². The zero-order chi connectivity index (χ0) is 21.0. The lowest BCUT2D eigenvalue weighted by atomic mass is 9.96. The maximum atomic E-state index is 12.2. The van der Waals surface area contributed by atoms with Gasteiger partial charge in [0.25, 0.3) is 5.91 Å². The van der Waals surface area contributed by atoms with Gasteiger partial charge in [-0.15, -0.1) is 11.3 Å². The van der Waals surface area contributed by atoms with Crippen LogP contribution < -0.4 is 15.4 Å². The van der Waals surface area contributed by atoms with Gasteiger partial charge >= 0.3 is 0 Å². The zero-order valence-electron chi connectivity index (χ0n) is 16.9. The average molecular weight is 428 g/mol. The van der Waals surface area contributed by atoms with Crippen LogP contribution in [0.5, 0.6) is 5.75 Å². The molecule has 1 aliphatic carbocycles. The molecule has 2 N–H and O–H groups in total. The van der Waals surface area contributed by atoms with Crippen molar-refractivity contribution in [2.45, 2.75) is 52.4 Å². The van der Waals surface area contributed by atoms with Gasteiger partial charge in [-0.05, 0) is 79.6 Å². The maximum Gasteiger partial charge on any atom is 0.264 e. The summed E-state index contributed by atoms with van der Waals surface area (Å²) in [4.78, 5) is 13.4. The lowest BCUT2D eigenvalue weighted by molar-refractivity contribution is -0.121. The van der Waals surface area contributed by atoms with Crippen LogP contribution in [0, 0.1) is 18.3 Å². The highest BCUT2D eigenvalue weighted by Gasteiger charge is 2.21. The molecule has 7 heteroatoms. The van der Waals surface area contributed by atoms with Gasteiger partial charge in [-0.1, -0.05) is 19.9 Å². The van der Waals surface area contributed by atoms with Crippen molar-refractivity contribution in [3.8, 4) is 11.8 Å². The van der Waals surface area contributed by atoms with Crippen LogP contribution in [0.2, 0.25) is 0 Å². The number of hydrogen-bond donors (Lipinski definition) is 2.